The number of carbonyl (C=O) groups excluding carboxylic acids is 1. The van der Waals surface area contributed by atoms with Crippen molar-refractivity contribution in [1.82, 2.24) is 19.4 Å². The number of hydrogen-bond acceptors (Lipinski definition) is 13. The minimum Gasteiger partial charge on any atom is -0.473 e. The molecule has 2 aliphatic carbocycles. The number of carbonyl (C=O) groups is 1. The van der Waals surface area contributed by atoms with Gasteiger partial charge in [0.15, 0.2) is 17.4 Å². The van der Waals surface area contributed by atoms with Crippen molar-refractivity contribution in [3.63, 3.8) is 0 Å². The van der Waals surface area contributed by atoms with Gasteiger partial charge in [-0.3, -0.25) is 14.5 Å². The third-order valence-corrected chi connectivity index (χ3v) is 11.9. The first-order chi connectivity index (χ1) is 24.1. The number of nitrogens with zero attached hydrogens (tertiary/aromatic N) is 6. The first-order valence-electron chi connectivity index (χ1n) is 17.3. The Morgan fingerprint density at radius 2 is 2.02 bits per heavy atom. The summed E-state index contributed by atoms with van der Waals surface area (Å²) in [5.74, 6) is 0.550. The van der Waals surface area contributed by atoms with E-state index in [0.29, 0.717) is 60.6 Å². The van der Waals surface area contributed by atoms with Gasteiger partial charge in [-0.15, -0.1) is 11.3 Å². The fourth-order valence-electron chi connectivity index (χ4n) is 8.23. The zero-order valence-electron chi connectivity index (χ0n) is 28.5. The van der Waals surface area contributed by atoms with Gasteiger partial charge in [0.25, 0.3) is 5.56 Å². The van der Waals surface area contributed by atoms with E-state index in [-0.39, 0.29) is 58.4 Å². The molecule has 4 aliphatic rings. The Bertz CT molecular complexity index is 1990. The predicted octanol–water partition coefficient (Wildman–Crippen LogP) is 4.01. The van der Waals surface area contributed by atoms with Gasteiger partial charge in [-0.25, -0.2) is 9.98 Å². The predicted molar refractivity (Wildman–Crippen MR) is 193 cm³/mol. The number of aromatic nitrogens is 3. The van der Waals surface area contributed by atoms with Crippen LogP contribution < -0.4 is 27.5 Å². The van der Waals surface area contributed by atoms with Crippen LogP contribution in [0, 0.1) is 11.3 Å². The van der Waals surface area contributed by atoms with Crippen LogP contribution in [0.2, 0.25) is 0 Å². The van der Waals surface area contributed by atoms with Crippen LogP contribution in [0.4, 0.5) is 16.5 Å². The van der Waals surface area contributed by atoms with E-state index in [1.807, 2.05) is 6.92 Å². The van der Waals surface area contributed by atoms with Gasteiger partial charge >= 0.3 is 0 Å². The molecule has 0 radical (unpaired) electrons. The highest BCUT2D eigenvalue weighted by Gasteiger charge is 2.49. The van der Waals surface area contributed by atoms with Crippen LogP contribution in [0.1, 0.15) is 91.7 Å². The van der Waals surface area contributed by atoms with Crippen LogP contribution in [0.3, 0.4) is 0 Å². The summed E-state index contributed by atoms with van der Waals surface area (Å²) < 4.78 is 13.5. The van der Waals surface area contributed by atoms with Gasteiger partial charge in [-0.2, -0.15) is 10.2 Å². The number of nitriles is 1. The summed E-state index contributed by atoms with van der Waals surface area (Å²) in [7, 11) is 2.08. The van der Waals surface area contributed by atoms with E-state index < -0.39 is 5.41 Å². The molecule has 5 heterocycles. The summed E-state index contributed by atoms with van der Waals surface area (Å²) in [6.07, 6.45) is 9.89. The zero-order chi connectivity index (χ0) is 35.2. The molecule has 3 aromatic rings. The van der Waals surface area contributed by atoms with E-state index in [9.17, 15) is 14.9 Å². The third-order valence-electron chi connectivity index (χ3n) is 10.9. The molecule has 0 aromatic carbocycles. The fourth-order valence-corrected chi connectivity index (χ4v) is 9.40. The number of rotatable bonds is 7. The van der Waals surface area contributed by atoms with Crippen molar-refractivity contribution in [3.05, 3.63) is 61.6 Å². The maximum Gasteiger partial charge on any atom is 0.274 e. The minimum atomic E-state index is -0.857. The number of nitrogens with two attached hydrogens (primary N) is 3. The van der Waals surface area contributed by atoms with E-state index in [2.05, 4.69) is 28.0 Å². The smallest absolute Gasteiger partial charge is 0.274 e. The number of fused-ring (bicyclic) bond motifs is 2. The second-order valence-corrected chi connectivity index (χ2v) is 15.0. The number of allylic oxidation sites excluding steroid dienone is 1. The van der Waals surface area contributed by atoms with Crippen LogP contribution in [0.15, 0.2) is 33.7 Å². The lowest BCUT2D eigenvalue weighted by Gasteiger charge is -2.40. The molecule has 4 atom stereocenters. The molecule has 0 unspecified atom stereocenters. The lowest BCUT2D eigenvalue weighted by Crippen LogP contribution is -2.43. The Hall–Kier alpha value is -4.58. The van der Waals surface area contributed by atoms with Gasteiger partial charge in [-0.05, 0) is 89.9 Å². The number of nitrogen functional groups attached to an aromatic ring is 2. The molecule has 7 rings (SSSR count). The normalized spacial score (nSPS) is 25.6. The average Bonchev–Trinajstić information content (AvgIpc) is 3.87. The van der Waals surface area contributed by atoms with Crippen LogP contribution in [-0.4, -0.2) is 70.4 Å². The number of anilines is 2. The average molecular weight is 698 g/mol. The monoisotopic (exact) mass is 697 g/mol. The van der Waals surface area contributed by atoms with Gasteiger partial charge in [0, 0.05) is 47.1 Å². The molecule has 0 amide bonds. The fraction of sp³-hybridized carbons (Fsp3) is 0.500. The molecule has 0 bridgehead atoms. The summed E-state index contributed by atoms with van der Waals surface area (Å²) in [5.41, 5.74) is 20.6. The number of ketones is 1. The van der Waals surface area contributed by atoms with Gasteiger partial charge in [-0.1, -0.05) is 0 Å². The Morgan fingerprint density at radius 3 is 2.74 bits per heavy atom. The topological polar surface area (TPSA) is 201 Å². The second-order valence-electron chi connectivity index (χ2n) is 13.8. The summed E-state index contributed by atoms with van der Waals surface area (Å²) in [6, 6.07) is 5.80. The highest BCUT2D eigenvalue weighted by Crippen LogP contribution is 2.52. The van der Waals surface area contributed by atoms with Gasteiger partial charge < -0.3 is 31.2 Å². The number of thiophene rings is 1. The second kappa shape index (κ2) is 13.6. The summed E-state index contributed by atoms with van der Waals surface area (Å²) in [5, 5.41) is 10.5. The van der Waals surface area contributed by atoms with E-state index in [1.165, 1.54) is 17.6 Å². The number of ether oxygens (including phenoxy) is 2. The molecule has 1 saturated carbocycles. The molecule has 50 heavy (non-hydrogen) atoms. The van der Waals surface area contributed by atoms with E-state index in [0.717, 1.165) is 49.1 Å². The highest BCUT2D eigenvalue weighted by molar-refractivity contribution is 7.16. The van der Waals surface area contributed by atoms with Crippen molar-refractivity contribution >= 4 is 45.5 Å². The summed E-state index contributed by atoms with van der Waals surface area (Å²) in [4.78, 5) is 44.9. The Balaban J connectivity index is 1.27. The SMILES string of the molecule is C[C@H](Oc1cc(N=Cc2ccn([C@H]3CCOC3)c(=O)c2N)nc(C(N)=C2CCC[C@@]3(CCCc4sc(N)c(C#N)c43)C2=O)n1)[C@@H]1CCCN1C. The number of likely N-dealkylation sites (N-methyl/N-ethyl adjacent to an activating group) is 1. The Morgan fingerprint density at radius 1 is 1.22 bits per heavy atom. The summed E-state index contributed by atoms with van der Waals surface area (Å²) >= 11 is 1.41. The van der Waals surface area contributed by atoms with Crippen molar-refractivity contribution in [3.8, 4) is 11.9 Å². The van der Waals surface area contributed by atoms with Crippen LogP contribution >= 0.6 is 11.3 Å². The van der Waals surface area contributed by atoms with Crippen molar-refractivity contribution in [2.24, 2.45) is 10.7 Å². The molecular weight excluding hydrogens is 655 g/mol. The number of Topliss-reactive ketones (excluding diaryl/α,β-unsaturated/α-hetero) is 1. The van der Waals surface area contributed by atoms with E-state index >= 15 is 0 Å². The Kier molecular flexibility index (Phi) is 9.23. The lowest BCUT2D eigenvalue weighted by atomic mass is 9.61. The molecule has 14 heteroatoms. The number of likely N-dealkylation sites (tertiary alicyclic amines) is 1. The molecule has 3 fully saturated rings. The summed E-state index contributed by atoms with van der Waals surface area (Å²) in [6.45, 7) is 4.08. The van der Waals surface area contributed by atoms with Crippen LogP contribution in [0.5, 0.6) is 5.88 Å². The standard InChI is InChI=1S/C36H43N9O4S/c1-20(25-7-5-13-44(25)2)49-28-16-27(41-18-21-9-14-45(35(47)30(21)38)22-10-15-48-19-22)42-34(43-28)31(39)23-6-3-11-36(32(23)46)12-4-8-26-29(36)24(17-37)33(40)50-26/h9,14,16,18,20,22,25H,3-8,10-13,15,19,38-40H2,1-2H3/t20-,22-,25-,36-/m0/s1. The van der Waals surface area contributed by atoms with Crippen LogP contribution in [0.25, 0.3) is 5.70 Å². The molecule has 2 saturated heterocycles. The molecular formula is C36H43N9O4S. The van der Waals surface area contributed by atoms with Crippen molar-refractivity contribution < 1.29 is 14.3 Å². The largest absolute Gasteiger partial charge is 0.473 e. The molecule has 262 valence electrons. The van der Waals surface area contributed by atoms with Gasteiger partial charge in [0.2, 0.25) is 5.88 Å². The maximum atomic E-state index is 14.6. The number of aryl methyl sites for hydroxylation is 1. The van der Waals surface area contributed by atoms with Crippen molar-refractivity contribution in [2.45, 2.75) is 88.3 Å². The molecule has 13 nitrogen and oxygen atoms in total. The number of pyridine rings is 1. The lowest BCUT2D eigenvalue weighted by molar-refractivity contribution is -0.122. The van der Waals surface area contributed by atoms with Crippen LogP contribution in [-0.2, 0) is 21.4 Å². The first-order valence-corrected chi connectivity index (χ1v) is 18.2. The van der Waals surface area contributed by atoms with Crippen molar-refractivity contribution in [1.29, 1.82) is 5.26 Å². The van der Waals surface area contributed by atoms with Crippen molar-refractivity contribution in [2.75, 3.05) is 38.3 Å². The third kappa shape index (κ3) is 5.97. The molecule has 2 aliphatic heterocycles. The number of aliphatic imine (C=N–C) groups is 1. The minimum absolute atomic E-state index is 0.0535. The molecule has 3 aromatic heterocycles. The van der Waals surface area contributed by atoms with E-state index in [1.54, 1.807) is 22.9 Å². The quantitative estimate of drug-likeness (QED) is 0.238. The zero-order valence-corrected chi connectivity index (χ0v) is 29.3. The van der Waals surface area contributed by atoms with Gasteiger partial charge in [0.1, 0.15) is 22.9 Å². The highest BCUT2D eigenvalue weighted by atomic mass is 32.1. The van der Waals surface area contributed by atoms with E-state index in [4.69, 9.17) is 31.7 Å². The molecule has 6 N–H and O–H groups in total. The van der Waals surface area contributed by atoms with Gasteiger partial charge in [0.05, 0.1) is 29.3 Å². The molecule has 1 spiro atoms. The first kappa shape index (κ1) is 33.9. The maximum absolute atomic E-state index is 14.6. The number of hydrogen-bond donors (Lipinski definition) is 3. The Labute approximate surface area is 294 Å².